The summed E-state index contributed by atoms with van der Waals surface area (Å²) in [6.45, 7) is 7.21. The second-order valence-corrected chi connectivity index (χ2v) is 4.85. The lowest BCUT2D eigenvalue weighted by Gasteiger charge is -2.19. The third kappa shape index (κ3) is 9.42. The highest BCUT2D eigenvalue weighted by molar-refractivity contribution is 5.70. The van der Waals surface area contributed by atoms with Crippen LogP contribution in [0.15, 0.2) is 0 Å². The largest absolute Gasteiger partial charge is 0.481 e. The third-order valence-electron chi connectivity index (χ3n) is 3.15. The van der Waals surface area contributed by atoms with Gasteiger partial charge in [0.1, 0.15) is 0 Å². The molecule has 1 N–H and O–H groups in total. The summed E-state index contributed by atoms with van der Waals surface area (Å²) in [6.07, 6.45) is 5.05. The van der Waals surface area contributed by atoms with Gasteiger partial charge in [-0.2, -0.15) is 0 Å². The van der Waals surface area contributed by atoms with Crippen LogP contribution in [0.3, 0.4) is 0 Å². The molecule has 0 aromatic carbocycles. The van der Waals surface area contributed by atoms with Crippen LogP contribution >= 0.6 is 0 Å². The van der Waals surface area contributed by atoms with Crippen LogP contribution < -0.4 is 0 Å². The van der Waals surface area contributed by atoms with Gasteiger partial charge in [0.25, 0.3) is 0 Å². The Morgan fingerprint density at radius 2 is 1.89 bits per heavy atom. The number of carboxylic acid groups (broad SMARTS) is 1. The van der Waals surface area contributed by atoms with E-state index in [-0.39, 0.29) is 5.92 Å². The van der Waals surface area contributed by atoms with E-state index >= 15 is 0 Å². The number of hydrogen-bond acceptors (Lipinski definition) is 3. The van der Waals surface area contributed by atoms with E-state index in [1.807, 2.05) is 18.9 Å². The van der Waals surface area contributed by atoms with Crippen LogP contribution in [0.1, 0.15) is 46.0 Å². The van der Waals surface area contributed by atoms with E-state index in [4.69, 9.17) is 9.84 Å². The molecule has 4 nitrogen and oxygen atoms in total. The maximum atomic E-state index is 11.1. The maximum absolute atomic E-state index is 11.1. The number of ether oxygens (including phenoxy) is 1. The Balaban J connectivity index is 3.61. The highest BCUT2D eigenvalue weighted by atomic mass is 16.5. The van der Waals surface area contributed by atoms with Gasteiger partial charge in [0.15, 0.2) is 0 Å². The first-order valence-electron chi connectivity index (χ1n) is 7.10. The van der Waals surface area contributed by atoms with Crippen LogP contribution in [0.2, 0.25) is 0 Å². The van der Waals surface area contributed by atoms with Gasteiger partial charge in [-0.25, -0.2) is 0 Å². The summed E-state index contributed by atoms with van der Waals surface area (Å²) < 4.78 is 5.49. The van der Waals surface area contributed by atoms with Crippen molar-refractivity contribution in [3.8, 4) is 0 Å². The third-order valence-corrected chi connectivity index (χ3v) is 3.15. The van der Waals surface area contributed by atoms with Crippen molar-refractivity contribution in [2.75, 3.05) is 33.4 Å². The van der Waals surface area contributed by atoms with Gasteiger partial charge in [0.2, 0.25) is 0 Å². The minimum atomic E-state index is -0.693. The predicted molar refractivity (Wildman–Crippen MR) is 73.9 cm³/mol. The number of unbranched alkanes of at least 4 members (excludes halogenated alkanes) is 2. The van der Waals surface area contributed by atoms with Crippen LogP contribution in [-0.2, 0) is 9.53 Å². The van der Waals surface area contributed by atoms with Crippen molar-refractivity contribution in [1.29, 1.82) is 0 Å². The van der Waals surface area contributed by atoms with Crippen molar-refractivity contribution < 1.29 is 14.6 Å². The van der Waals surface area contributed by atoms with E-state index < -0.39 is 5.97 Å². The Kier molecular flexibility index (Phi) is 11.1. The zero-order valence-electron chi connectivity index (χ0n) is 12.2. The second kappa shape index (κ2) is 11.5. The maximum Gasteiger partial charge on any atom is 0.307 e. The number of hydrogen-bond donors (Lipinski definition) is 1. The van der Waals surface area contributed by atoms with Gasteiger partial charge in [0, 0.05) is 19.8 Å². The first-order valence-corrected chi connectivity index (χ1v) is 7.10. The van der Waals surface area contributed by atoms with E-state index in [9.17, 15) is 4.79 Å². The molecule has 1 atom stereocenters. The van der Waals surface area contributed by atoms with Gasteiger partial charge in [-0.1, -0.05) is 26.7 Å². The Morgan fingerprint density at radius 1 is 1.22 bits per heavy atom. The lowest BCUT2D eigenvalue weighted by atomic mass is 10.0. The first kappa shape index (κ1) is 17.4. The number of nitrogens with zero attached hydrogens (tertiary/aromatic N) is 1. The smallest absolute Gasteiger partial charge is 0.307 e. The molecule has 0 bridgehead atoms. The lowest BCUT2D eigenvalue weighted by molar-refractivity contribution is -0.142. The molecule has 4 heteroatoms. The normalized spacial score (nSPS) is 12.9. The Labute approximate surface area is 111 Å². The van der Waals surface area contributed by atoms with Gasteiger partial charge in [-0.05, 0) is 32.9 Å². The topological polar surface area (TPSA) is 49.8 Å². The van der Waals surface area contributed by atoms with Crippen LogP contribution in [0.5, 0.6) is 0 Å². The number of carbonyl (C=O) groups is 1. The molecule has 1 unspecified atom stereocenters. The molecule has 0 aliphatic heterocycles. The standard InChI is InChI=1S/C14H29NO3/c1-4-6-7-10-18-11-8-9-13(14(16)17)12-15(3)5-2/h13H,4-12H2,1-3H3,(H,16,17). The molecular weight excluding hydrogens is 230 g/mol. The monoisotopic (exact) mass is 259 g/mol. The summed E-state index contributed by atoms with van der Waals surface area (Å²) in [4.78, 5) is 13.1. The summed E-state index contributed by atoms with van der Waals surface area (Å²) >= 11 is 0. The fraction of sp³-hybridized carbons (Fsp3) is 0.929. The van der Waals surface area contributed by atoms with Crippen molar-refractivity contribution >= 4 is 5.97 Å². The Hall–Kier alpha value is -0.610. The average Bonchev–Trinajstić information content (AvgIpc) is 2.35. The molecule has 0 aromatic heterocycles. The summed E-state index contributed by atoms with van der Waals surface area (Å²) in [5.41, 5.74) is 0. The molecule has 0 radical (unpaired) electrons. The predicted octanol–water partition coefficient (Wildman–Crippen LogP) is 2.63. The molecule has 0 fully saturated rings. The van der Waals surface area contributed by atoms with Crippen molar-refractivity contribution in [2.45, 2.75) is 46.0 Å². The highest BCUT2D eigenvalue weighted by Gasteiger charge is 2.18. The van der Waals surface area contributed by atoms with Crippen LogP contribution in [0, 0.1) is 5.92 Å². The molecule has 0 saturated heterocycles. The minimum absolute atomic E-state index is 0.269. The van der Waals surface area contributed by atoms with Gasteiger partial charge >= 0.3 is 5.97 Å². The molecule has 18 heavy (non-hydrogen) atoms. The number of carboxylic acids is 1. The van der Waals surface area contributed by atoms with Crippen molar-refractivity contribution in [2.24, 2.45) is 5.92 Å². The van der Waals surface area contributed by atoms with E-state index in [0.29, 0.717) is 19.6 Å². The van der Waals surface area contributed by atoms with E-state index in [0.717, 1.165) is 26.0 Å². The SMILES string of the molecule is CCCCCOCCCC(CN(C)CC)C(=O)O. The van der Waals surface area contributed by atoms with E-state index in [1.165, 1.54) is 12.8 Å². The number of rotatable bonds is 12. The fourth-order valence-corrected chi connectivity index (χ4v) is 1.79. The molecule has 0 aliphatic carbocycles. The van der Waals surface area contributed by atoms with Crippen LogP contribution in [-0.4, -0.2) is 49.3 Å². The molecule has 0 saturated carbocycles. The first-order chi connectivity index (χ1) is 8.61. The van der Waals surface area contributed by atoms with Crippen LogP contribution in [0.4, 0.5) is 0 Å². The van der Waals surface area contributed by atoms with Gasteiger partial charge in [-0.3, -0.25) is 4.79 Å². The summed E-state index contributed by atoms with van der Waals surface area (Å²) in [7, 11) is 1.96. The zero-order chi connectivity index (χ0) is 13.8. The fourth-order valence-electron chi connectivity index (χ4n) is 1.79. The minimum Gasteiger partial charge on any atom is -0.481 e. The van der Waals surface area contributed by atoms with E-state index in [2.05, 4.69) is 6.92 Å². The Bertz CT molecular complexity index is 209. The molecule has 0 heterocycles. The molecule has 0 spiro atoms. The summed E-state index contributed by atoms with van der Waals surface area (Å²) in [6, 6.07) is 0. The molecule has 0 rings (SSSR count). The van der Waals surface area contributed by atoms with Crippen molar-refractivity contribution in [1.82, 2.24) is 4.90 Å². The molecule has 0 aliphatic rings. The lowest BCUT2D eigenvalue weighted by Crippen LogP contribution is -2.30. The van der Waals surface area contributed by atoms with Gasteiger partial charge < -0.3 is 14.7 Å². The number of aliphatic carboxylic acids is 1. The van der Waals surface area contributed by atoms with Crippen LogP contribution in [0.25, 0.3) is 0 Å². The summed E-state index contributed by atoms with van der Waals surface area (Å²) in [5, 5.41) is 9.12. The highest BCUT2D eigenvalue weighted by Crippen LogP contribution is 2.09. The quantitative estimate of drug-likeness (QED) is 0.547. The Morgan fingerprint density at radius 3 is 2.44 bits per heavy atom. The van der Waals surface area contributed by atoms with Gasteiger partial charge in [-0.15, -0.1) is 0 Å². The van der Waals surface area contributed by atoms with E-state index in [1.54, 1.807) is 0 Å². The molecule has 0 amide bonds. The average molecular weight is 259 g/mol. The van der Waals surface area contributed by atoms with Gasteiger partial charge in [0.05, 0.1) is 5.92 Å². The summed E-state index contributed by atoms with van der Waals surface area (Å²) in [5.74, 6) is -0.963. The van der Waals surface area contributed by atoms with Crippen molar-refractivity contribution in [3.63, 3.8) is 0 Å². The second-order valence-electron chi connectivity index (χ2n) is 4.85. The molecule has 0 aromatic rings. The van der Waals surface area contributed by atoms with Crippen molar-refractivity contribution in [3.05, 3.63) is 0 Å². The molecule has 108 valence electrons. The zero-order valence-corrected chi connectivity index (χ0v) is 12.2. The molecular formula is C14H29NO3.